The molecule has 1 heterocycles. The van der Waals surface area contributed by atoms with Crippen molar-refractivity contribution < 1.29 is 0 Å². The van der Waals surface area contributed by atoms with E-state index in [-0.39, 0.29) is 0 Å². The predicted octanol–water partition coefficient (Wildman–Crippen LogP) is 1.86. The van der Waals surface area contributed by atoms with Gasteiger partial charge in [-0.3, -0.25) is 4.98 Å². The molecule has 0 aliphatic carbocycles. The minimum Gasteiger partial charge on any atom is -0.261 e. The van der Waals surface area contributed by atoms with Crippen molar-refractivity contribution in [2.45, 2.75) is 13.3 Å². The second-order valence-corrected chi connectivity index (χ2v) is 2.75. The van der Waals surface area contributed by atoms with Crippen LogP contribution in [-0.2, 0) is 6.42 Å². The van der Waals surface area contributed by atoms with Crippen LogP contribution in [0.4, 0.5) is 0 Å². The quantitative estimate of drug-likeness (QED) is 0.640. The first kappa shape index (κ1) is 7.61. The molecule has 2 heteroatoms. The highest BCUT2D eigenvalue weighted by atomic mass is 32.1. The van der Waals surface area contributed by atoms with E-state index in [1.165, 1.54) is 5.56 Å². The molecule has 54 valence electrons. The van der Waals surface area contributed by atoms with Crippen LogP contribution < -0.4 is 0 Å². The van der Waals surface area contributed by atoms with Crippen LogP contribution in [0.15, 0.2) is 18.3 Å². The van der Waals surface area contributed by atoms with Crippen molar-refractivity contribution in [2.75, 3.05) is 5.75 Å². The molecule has 0 fully saturated rings. The molecule has 10 heavy (non-hydrogen) atoms. The molecular weight excluding hydrogens is 142 g/mol. The maximum absolute atomic E-state index is 4.18. The van der Waals surface area contributed by atoms with Gasteiger partial charge in [0, 0.05) is 11.9 Å². The molecule has 0 aromatic carbocycles. The summed E-state index contributed by atoms with van der Waals surface area (Å²) >= 11 is 4.13. The van der Waals surface area contributed by atoms with Crippen molar-refractivity contribution in [3.63, 3.8) is 0 Å². The molecule has 1 aromatic rings. The molecule has 0 radical (unpaired) electrons. The Morgan fingerprint density at radius 3 is 3.00 bits per heavy atom. The van der Waals surface area contributed by atoms with Crippen molar-refractivity contribution in [3.8, 4) is 0 Å². The lowest BCUT2D eigenvalue weighted by Gasteiger charge is -1.96. The van der Waals surface area contributed by atoms with E-state index in [4.69, 9.17) is 0 Å². The van der Waals surface area contributed by atoms with Gasteiger partial charge in [-0.2, -0.15) is 12.6 Å². The van der Waals surface area contributed by atoms with Crippen molar-refractivity contribution >= 4 is 12.6 Å². The van der Waals surface area contributed by atoms with E-state index in [2.05, 4.69) is 30.6 Å². The van der Waals surface area contributed by atoms with Crippen molar-refractivity contribution in [2.24, 2.45) is 0 Å². The van der Waals surface area contributed by atoms with Crippen LogP contribution in [0.5, 0.6) is 0 Å². The number of aromatic nitrogens is 1. The van der Waals surface area contributed by atoms with Gasteiger partial charge in [0.1, 0.15) is 0 Å². The van der Waals surface area contributed by atoms with Crippen molar-refractivity contribution in [1.29, 1.82) is 0 Å². The Hall–Kier alpha value is -0.500. The van der Waals surface area contributed by atoms with Crippen LogP contribution in [0.1, 0.15) is 11.3 Å². The summed E-state index contributed by atoms with van der Waals surface area (Å²) in [6.45, 7) is 2.07. The molecule has 0 spiro atoms. The largest absolute Gasteiger partial charge is 0.261 e. The first-order valence-corrected chi connectivity index (χ1v) is 3.98. The molecule has 1 nitrogen and oxygen atoms in total. The zero-order chi connectivity index (χ0) is 7.40. The van der Waals surface area contributed by atoms with Gasteiger partial charge in [-0.15, -0.1) is 0 Å². The predicted molar refractivity (Wildman–Crippen MR) is 46.5 cm³/mol. The van der Waals surface area contributed by atoms with E-state index < -0.39 is 0 Å². The Labute approximate surface area is 66.9 Å². The molecule has 0 saturated heterocycles. The Bertz CT molecular complexity index is 210. The van der Waals surface area contributed by atoms with Gasteiger partial charge in [-0.1, -0.05) is 0 Å². The average Bonchev–Trinajstić information content (AvgIpc) is 1.88. The fourth-order valence-electron chi connectivity index (χ4n) is 0.850. The Morgan fingerprint density at radius 2 is 2.40 bits per heavy atom. The molecule has 1 rings (SSSR count). The van der Waals surface area contributed by atoms with Gasteiger partial charge < -0.3 is 0 Å². The number of aryl methyl sites for hydroxylation is 2. The van der Waals surface area contributed by atoms with Crippen LogP contribution >= 0.6 is 12.6 Å². The number of pyridine rings is 1. The summed E-state index contributed by atoms with van der Waals surface area (Å²) in [6.07, 6.45) is 2.80. The first-order valence-electron chi connectivity index (χ1n) is 3.35. The fraction of sp³-hybridized carbons (Fsp3) is 0.375. The Kier molecular flexibility index (Phi) is 2.75. The number of hydrogen-bond donors (Lipinski definition) is 1. The van der Waals surface area contributed by atoms with E-state index in [9.17, 15) is 0 Å². The van der Waals surface area contributed by atoms with E-state index in [0.717, 1.165) is 17.9 Å². The van der Waals surface area contributed by atoms with E-state index >= 15 is 0 Å². The van der Waals surface area contributed by atoms with Crippen molar-refractivity contribution in [3.05, 3.63) is 29.6 Å². The van der Waals surface area contributed by atoms with E-state index in [1.54, 1.807) is 0 Å². The second-order valence-electron chi connectivity index (χ2n) is 2.30. The molecule has 0 N–H and O–H groups in total. The van der Waals surface area contributed by atoms with E-state index in [1.807, 2.05) is 12.3 Å². The summed E-state index contributed by atoms with van der Waals surface area (Å²) in [7, 11) is 0. The highest BCUT2D eigenvalue weighted by Gasteiger charge is 1.90. The minimum atomic E-state index is 0.871. The molecule has 0 saturated carbocycles. The maximum atomic E-state index is 4.18. The van der Waals surface area contributed by atoms with Crippen LogP contribution in [0.25, 0.3) is 0 Å². The molecular formula is C8H11NS. The summed E-state index contributed by atoms with van der Waals surface area (Å²) in [5.41, 5.74) is 2.40. The van der Waals surface area contributed by atoms with Gasteiger partial charge >= 0.3 is 0 Å². The smallest absolute Gasteiger partial charge is 0.0414 e. The van der Waals surface area contributed by atoms with Gasteiger partial charge in [-0.05, 0) is 36.8 Å². The topological polar surface area (TPSA) is 12.9 Å². The van der Waals surface area contributed by atoms with Gasteiger partial charge in [0.05, 0.1) is 0 Å². The number of rotatable bonds is 2. The molecule has 1 aromatic heterocycles. The molecule has 0 aliphatic rings. The summed E-state index contributed by atoms with van der Waals surface area (Å²) < 4.78 is 0. The minimum absolute atomic E-state index is 0.871. The molecule has 0 bridgehead atoms. The monoisotopic (exact) mass is 153 g/mol. The van der Waals surface area contributed by atoms with Crippen molar-refractivity contribution in [1.82, 2.24) is 4.98 Å². The van der Waals surface area contributed by atoms with Crippen LogP contribution in [-0.4, -0.2) is 10.7 Å². The lowest BCUT2D eigenvalue weighted by Crippen LogP contribution is -1.90. The summed E-state index contributed by atoms with van der Waals surface area (Å²) in [5, 5.41) is 0. The zero-order valence-corrected chi connectivity index (χ0v) is 6.94. The average molecular weight is 153 g/mol. The molecule has 0 amide bonds. The van der Waals surface area contributed by atoms with E-state index in [0.29, 0.717) is 0 Å². The normalized spacial score (nSPS) is 9.80. The third kappa shape index (κ3) is 2.03. The highest BCUT2D eigenvalue weighted by Crippen LogP contribution is 2.00. The van der Waals surface area contributed by atoms with Gasteiger partial charge in [0.25, 0.3) is 0 Å². The summed E-state index contributed by atoms with van der Waals surface area (Å²) in [5.74, 6) is 0.871. The molecule has 0 atom stereocenters. The number of thiol groups is 1. The van der Waals surface area contributed by atoms with Crippen LogP contribution in [0, 0.1) is 6.92 Å². The maximum Gasteiger partial charge on any atom is 0.0414 e. The van der Waals surface area contributed by atoms with Gasteiger partial charge in [0.2, 0.25) is 0 Å². The van der Waals surface area contributed by atoms with Gasteiger partial charge in [0.15, 0.2) is 0 Å². The summed E-state index contributed by atoms with van der Waals surface area (Å²) in [4.78, 5) is 4.18. The van der Waals surface area contributed by atoms with Crippen LogP contribution in [0.3, 0.4) is 0 Å². The standard InChI is InChI=1S/C8H11NS/c1-7-2-4-9-8(6-7)3-5-10/h2,4,6,10H,3,5H2,1H3. The second kappa shape index (κ2) is 3.62. The number of hydrogen-bond acceptors (Lipinski definition) is 2. The Morgan fingerprint density at radius 1 is 1.60 bits per heavy atom. The SMILES string of the molecule is Cc1ccnc(CCS)c1. The molecule has 0 aliphatic heterocycles. The fourth-order valence-corrected chi connectivity index (χ4v) is 1.08. The van der Waals surface area contributed by atoms with Crippen LogP contribution in [0.2, 0.25) is 0 Å². The molecule has 0 unspecified atom stereocenters. The van der Waals surface area contributed by atoms with Gasteiger partial charge in [-0.25, -0.2) is 0 Å². The first-order chi connectivity index (χ1) is 4.83. The third-order valence-electron chi connectivity index (χ3n) is 1.34. The zero-order valence-electron chi connectivity index (χ0n) is 6.04. The Balaban J connectivity index is 2.75. The third-order valence-corrected chi connectivity index (χ3v) is 1.56. The lowest BCUT2D eigenvalue weighted by atomic mass is 10.2. The highest BCUT2D eigenvalue weighted by molar-refractivity contribution is 7.80. The summed E-state index contributed by atoms with van der Waals surface area (Å²) in [6, 6.07) is 4.10. The lowest BCUT2D eigenvalue weighted by molar-refractivity contribution is 1.04. The number of nitrogens with zero attached hydrogens (tertiary/aromatic N) is 1.